The van der Waals surface area contributed by atoms with E-state index in [1.807, 2.05) is 19.9 Å². The second-order valence-electron chi connectivity index (χ2n) is 11.4. The highest BCUT2D eigenvalue weighted by atomic mass is 16.5. The molecule has 43 heavy (non-hydrogen) atoms. The topological polar surface area (TPSA) is 180 Å². The summed E-state index contributed by atoms with van der Waals surface area (Å²) >= 11 is 0. The summed E-state index contributed by atoms with van der Waals surface area (Å²) in [6.07, 6.45) is 0.166. The molecule has 1 amide bonds. The van der Waals surface area contributed by atoms with Gasteiger partial charge in [0.2, 0.25) is 5.91 Å². The van der Waals surface area contributed by atoms with Gasteiger partial charge < -0.3 is 35.2 Å². The van der Waals surface area contributed by atoms with Gasteiger partial charge in [0.15, 0.2) is 6.10 Å². The van der Waals surface area contributed by atoms with Crippen LogP contribution in [0.3, 0.4) is 0 Å². The molecule has 1 fully saturated rings. The lowest BCUT2D eigenvalue weighted by atomic mass is 9.96. The molecule has 226 valence electrons. The first kappa shape index (κ1) is 28.8. The lowest BCUT2D eigenvalue weighted by Crippen LogP contribution is -2.50. The molecule has 2 aromatic heterocycles. The number of aliphatic hydroxyl groups is 2. The number of esters is 1. The number of carbonyl (C=O) groups is 2. The maximum absolute atomic E-state index is 13.5. The second-order valence-corrected chi connectivity index (χ2v) is 11.4. The van der Waals surface area contributed by atoms with Gasteiger partial charge in [-0.05, 0) is 48.7 Å². The van der Waals surface area contributed by atoms with Gasteiger partial charge in [0.1, 0.15) is 13.2 Å². The third kappa shape index (κ3) is 5.14. The molecule has 5 heterocycles. The third-order valence-electron chi connectivity index (χ3n) is 8.63. The molecule has 1 atom stereocenters. The van der Waals surface area contributed by atoms with Gasteiger partial charge in [-0.15, -0.1) is 0 Å². The van der Waals surface area contributed by atoms with E-state index in [0.717, 1.165) is 33.2 Å². The summed E-state index contributed by atoms with van der Waals surface area (Å²) in [6, 6.07) is 5.75. The van der Waals surface area contributed by atoms with Crippen LogP contribution in [0.25, 0.3) is 22.3 Å². The predicted molar refractivity (Wildman–Crippen MR) is 157 cm³/mol. The first-order valence-corrected chi connectivity index (χ1v) is 14.2. The predicted octanol–water partition coefficient (Wildman–Crippen LogP) is -0.255. The highest BCUT2D eigenvalue weighted by molar-refractivity contribution is 5.89. The Morgan fingerprint density at radius 2 is 1.86 bits per heavy atom. The van der Waals surface area contributed by atoms with Crippen molar-refractivity contribution in [3.05, 3.63) is 73.8 Å². The Hall–Kier alpha value is -4.30. The number of pyridine rings is 2. The SMILES string of the molecule is Cc1cc2nc3c(c(CN(N)/C=C(\N)CN4CCN(C(=O)CO)CC4)c2cc1C)Cn1c-3cc2c(c1=O)COC(=O)C2O. The van der Waals surface area contributed by atoms with E-state index in [-0.39, 0.29) is 42.3 Å². The van der Waals surface area contributed by atoms with Crippen LogP contribution in [0.2, 0.25) is 0 Å². The summed E-state index contributed by atoms with van der Waals surface area (Å²) in [6.45, 7) is 6.69. The van der Waals surface area contributed by atoms with E-state index in [9.17, 15) is 19.5 Å². The van der Waals surface area contributed by atoms with Gasteiger partial charge in [-0.25, -0.2) is 15.6 Å². The molecule has 13 nitrogen and oxygen atoms in total. The molecule has 3 aromatic rings. The smallest absolute Gasteiger partial charge is 0.340 e. The quantitative estimate of drug-likeness (QED) is 0.132. The van der Waals surface area contributed by atoms with E-state index in [1.165, 1.54) is 5.01 Å². The molecule has 1 aromatic carbocycles. The highest BCUT2D eigenvalue weighted by Crippen LogP contribution is 2.38. The van der Waals surface area contributed by atoms with Gasteiger partial charge in [-0.3, -0.25) is 14.5 Å². The number of piperazine rings is 1. The molecule has 0 spiro atoms. The minimum absolute atomic E-state index is 0.186. The zero-order valence-electron chi connectivity index (χ0n) is 24.2. The number of rotatable bonds is 6. The van der Waals surface area contributed by atoms with Crippen LogP contribution in [0.1, 0.15) is 39.5 Å². The molecule has 6 N–H and O–H groups in total. The van der Waals surface area contributed by atoms with Gasteiger partial charge in [-0.1, -0.05) is 0 Å². The lowest BCUT2D eigenvalue weighted by molar-refractivity contribution is -0.157. The molecule has 1 unspecified atom stereocenters. The molecular formula is C30H35N7O6. The fourth-order valence-electron chi connectivity index (χ4n) is 6.14. The number of nitrogens with zero attached hydrogens (tertiary/aromatic N) is 5. The molecule has 1 saturated heterocycles. The first-order chi connectivity index (χ1) is 20.5. The van der Waals surface area contributed by atoms with Gasteiger partial charge >= 0.3 is 5.97 Å². The average Bonchev–Trinajstić information content (AvgIpc) is 3.34. The van der Waals surface area contributed by atoms with Crippen LogP contribution < -0.4 is 17.1 Å². The monoisotopic (exact) mass is 589 g/mol. The number of fused-ring (bicyclic) bond motifs is 5. The number of hydrogen-bond donors (Lipinski definition) is 4. The summed E-state index contributed by atoms with van der Waals surface area (Å²) in [5.74, 6) is 5.46. The molecular weight excluding hydrogens is 554 g/mol. The van der Waals surface area contributed by atoms with E-state index in [2.05, 4.69) is 11.0 Å². The van der Waals surface area contributed by atoms with Crippen LogP contribution in [0.4, 0.5) is 0 Å². The van der Waals surface area contributed by atoms with Crippen LogP contribution in [0, 0.1) is 13.8 Å². The van der Waals surface area contributed by atoms with Crippen molar-refractivity contribution in [1.29, 1.82) is 0 Å². The molecule has 0 bridgehead atoms. The second kappa shape index (κ2) is 11.1. The maximum Gasteiger partial charge on any atom is 0.340 e. The number of hydrogen-bond acceptors (Lipinski definition) is 11. The summed E-state index contributed by atoms with van der Waals surface area (Å²) in [4.78, 5) is 46.0. The van der Waals surface area contributed by atoms with Crippen molar-refractivity contribution in [1.82, 2.24) is 24.4 Å². The van der Waals surface area contributed by atoms with Crippen LogP contribution in [-0.2, 0) is 34.0 Å². The molecule has 13 heteroatoms. The summed E-state index contributed by atoms with van der Waals surface area (Å²) < 4.78 is 6.63. The average molecular weight is 590 g/mol. The Balaban J connectivity index is 1.33. The van der Waals surface area contributed by atoms with Crippen molar-refractivity contribution in [2.24, 2.45) is 11.6 Å². The number of ether oxygens (including phenoxy) is 1. The minimum Gasteiger partial charge on any atom is -0.458 e. The van der Waals surface area contributed by atoms with Gasteiger partial charge in [0.05, 0.1) is 35.6 Å². The van der Waals surface area contributed by atoms with Crippen LogP contribution in [0.5, 0.6) is 0 Å². The number of hydrazine groups is 1. The van der Waals surface area contributed by atoms with Crippen molar-refractivity contribution in [2.45, 2.75) is 39.6 Å². The molecule has 3 aliphatic heterocycles. The van der Waals surface area contributed by atoms with Gasteiger partial charge in [0.25, 0.3) is 5.56 Å². The Morgan fingerprint density at radius 3 is 2.58 bits per heavy atom. The number of aliphatic hydroxyl groups excluding tert-OH is 2. The van der Waals surface area contributed by atoms with Crippen molar-refractivity contribution in [3.8, 4) is 11.4 Å². The standard InChI is InChI=1S/C30H35N7O6/c1-16-7-19-21(12-36(32)11-18(31)10-34-3-5-35(6-4-34)26(39)14-38)22-13-37-25(27(22)33-24(19)8-17(16)2)9-20-23(29(37)41)15-43-30(42)28(20)40/h7-9,11,28,38,40H,3-6,10,12-15,31-32H2,1-2H3/b18-11-. The van der Waals surface area contributed by atoms with Crippen molar-refractivity contribution < 1.29 is 24.5 Å². The lowest BCUT2D eigenvalue weighted by Gasteiger charge is -2.34. The van der Waals surface area contributed by atoms with Crippen LogP contribution >= 0.6 is 0 Å². The fourth-order valence-corrected chi connectivity index (χ4v) is 6.14. The van der Waals surface area contributed by atoms with E-state index in [4.69, 9.17) is 26.4 Å². The largest absolute Gasteiger partial charge is 0.458 e. The zero-order chi connectivity index (χ0) is 30.6. The number of nitrogens with two attached hydrogens (primary N) is 2. The number of aromatic nitrogens is 2. The molecule has 3 aliphatic rings. The fraction of sp³-hybridized carbons (Fsp3) is 0.400. The molecule has 0 aliphatic carbocycles. The summed E-state index contributed by atoms with van der Waals surface area (Å²) in [5.41, 5.74) is 12.9. The zero-order valence-corrected chi connectivity index (χ0v) is 24.2. The number of aryl methyl sites for hydroxylation is 2. The highest BCUT2D eigenvalue weighted by Gasteiger charge is 2.35. The Labute approximate surface area is 247 Å². The maximum atomic E-state index is 13.5. The summed E-state index contributed by atoms with van der Waals surface area (Å²) in [5, 5.41) is 22.0. The summed E-state index contributed by atoms with van der Waals surface area (Å²) in [7, 11) is 0. The molecule has 0 saturated carbocycles. The van der Waals surface area contributed by atoms with E-state index in [0.29, 0.717) is 49.8 Å². The first-order valence-electron chi connectivity index (χ1n) is 14.2. The van der Waals surface area contributed by atoms with E-state index >= 15 is 0 Å². The van der Waals surface area contributed by atoms with Crippen LogP contribution in [-0.4, -0.2) is 85.8 Å². The molecule has 0 radical (unpaired) electrons. The number of cyclic esters (lactones) is 1. The van der Waals surface area contributed by atoms with Crippen molar-refractivity contribution >= 4 is 22.8 Å². The minimum atomic E-state index is -1.53. The number of benzene rings is 1. The number of amides is 1. The number of carbonyl (C=O) groups excluding carboxylic acids is 2. The third-order valence-corrected chi connectivity index (χ3v) is 8.63. The van der Waals surface area contributed by atoms with Gasteiger partial charge in [0, 0.05) is 61.1 Å². The van der Waals surface area contributed by atoms with E-state index < -0.39 is 18.7 Å². The van der Waals surface area contributed by atoms with E-state index in [1.54, 1.807) is 21.7 Å². The Morgan fingerprint density at radius 1 is 1.14 bits per heavy atom. The van der Waals surface area contributed by atoms with Gasteiger partial charge in [-0.2, -0.15) is 0 Å². The molecule has 6 rings (SSSR count). The van der Waals surface area contributed by atoms with Crippen LogP contribution in [0.15, 0.2) is 34.9 Å². The van der Waals surface area contributed by atoms with Crippen molar-refractivity contribution in [3.63, 3.8) is 0 Å². The normalized spacial score (nSPS) is 18.3. The Kier molecular flexibility index (Phi) is 7.42. The van der Waals surface area contributed by atoms with Crippen molar-refractivity contribution in [2.75, 3.05) is 39.3 Å². The Bertz CT molecular complexity index is 1740.